The zero-order valence-electron chi connectivity index (χ0n) is 23.8. The Morgan fingerprint density at radius 1 is 1.05 bits per heavy atom. The summed E-state index contributed by atoms with van der Waals surface area (Å²) in [5, 5.41) is 8.74. The molecule has 0 radical (unpaired) electrons. The minimum absolute atomic E-state index is 0.0915. The molecule has 0 saturated carbocycles. The number of nitrogens with one attached hydrogen (secondary N) is 3. The summed E-state index contributed by atoms with van der Waals surface area (Å²) in [6.07, 6.45) is 2.20. The summed E-state index contributed by atoms with van der Waals surface area (Å²) in [5.74, 6) is -0.0198. The van der Waals surface area contributed by atoms with Gasteiger partial charge in [0.15, 0.2) is 0 Å². The fraction of sp³-hybridized carbons (Fsp3) is 0.500. The predicted octanol–water partition coefficient (Wildman–Crippen LogP) is 3.23. The molecule has 2 aromatic carbocycles. The highest BCUT2D eigenvalue weighted by molar-refractivity contribution is 5.89. The number of fused-ring (bicyclic) bond motifs is 1. The van der Waals surface area contributed by atoms with E-state index in [9.17, 15) is 18.8 Å². The van der Waals surface area contributed by atoms with Crippen molar-refractivity contribution in [3.8, 4) is 5.75 Å². The van der Waals surface area contributed by atoms with Crippen molar-refractivity contribution in [3.63, 3.8) is 0 Å². The number of benzene rings is 2. The molecule has 0 aliphatic carbocycles. The standard InChI is InChI=1S/C23H36N4O4.C7H7F/c1-5-16(2)22-23(30)27(4)15-21(29)25-14-20(28)24-12-8-10-18-9-6-7-11-19(18)31-17(3)13-26-22;1-6-2-4-7(8)5-3-6/h6-7,9,11,16-17,22,26H,5,8,10,12-15H2,1-4H3,(H,24,28)(H,25,29);2-5H,1H3/t16?,17-,22?;/m1./s1. The van der Waals surface area contributed by atoms with Gasteiger partial charge in [0.05, 0.1) is 19.1 Å². The van der Waals surface area contributed by atoms with Crippen LogP contribution in [0.1, 0.15) is 44.7 Å². The molecule has 0 saturated heterocycles. The molecule has 2 unspecified atom stereocenters. The number of rotatable bonds is 2. The maximum Gasteiger partial charge on any atom is 0.240 e. The van der Waals surface area contributed by atoms with Gasteiger partial charge >= 0.3 is 0 Å². The van der Waals surface area contributed by atoms with Crippen molar-refractivity contribution in [1.82, 2.24) is 20.9 Å². The largest absolute Gasteiger partial charge is 0.489 e. The maximum atomic E-state index is 13.0. The van der Waals surface area contributed by atoms with Crippen LogP contribution < -0.4 is 20.7 Å². The smallest absolute Gasteiger partial charge is 0.240 e. The van der Waals surface area contributed by atoms with Gasteiger partial charge in [-0.3, -0.25) is 14.4 Å². The van der Waals surface area contributed by atoms with Crippen molar-refractivity contribution in [3.05, 3.63) is 65.5 Å². The Morgan fingerprint density at radius 2 is 1.74 bits per heavy atom. The molecule has 0 aromatic heterocycles. The van der Waals surface area contributed by atoms with Gasteiger partial charge in [-0.15, -0.1) is 0 Å². The first-order valence-corrected chi connectivity index (χ1v) is 13.6. The average molecular weight is 543 g/mol. The minimum Gasteiger partial charge on any atom is -0.489 e. The van der Waals surface area contributed by atoms with Gasteiger partial charge in [-0.1, -0.05) is 56.2 Å². The summed E-state index contributed by atoms with van der Waals surface area (Å²) in [6.45, 7) is 8.76. The van der Waals surface area contributed by atoms with Crippen LogP contribution in [0.25, 0.3) is 0 Å². The van der Waals surface area contributed by atoms with E-state index in [1.807, 2.05) is 52.0 Å². The summed E-state index contributed by atoms with van der Waals surface area (Å²) in [6, 6.07) is 13.9. The van der Waals surface area contributed by atoms with Crippen molar-refractivity contribution >= 4 is 17.7 Å². The summed E-state index contributed by atoms with van der Waals surface area (Å²) in [4.78, 5) is 38.6. The van der Waals surface area contributed by atoms with E-state index in [1.54, 1.807) is 19.2 Å². The first-order chi connectivity index (χ1) is 18.6. The molecule has 3 N–H and O–H groups in total. The highest BCUT2D eigenvalue weighted by Crippen LogP contribution is 2.21. The lowest BCUT2D eigenvalue weighted by molar-refractivity contribution is -0.137. The molecular formula is C30H43FN4O4. The Labute approximate surface area is 231 Å². The van der Waals surface area contributed by atoms with E-state index in [1.165, 1.54) is 17.0 Å². The van der Waals surface area contributed by atoms with E-state index in [0.29, 0.717) is 13.1 Å². The lowest BCUT2D eigenvalue weighted by Crippen LogP contribution is -2.52. The topological polar surface area (TPSA) is 99.8 Å². The van der Waals surface area contributed by atoms with E-state index in [2.05, 4.69) is 16.0 Å². The Bertz CT molecular complexity index is 1040. The number of para-hydroxylation sites is 1. The third-order valence-corrected chi connectivity index (χ3v) is 6.56. The molecule has 2 aromatic rings. The van der Waals surface area contributed by atoms with Crippen LogP contribution >= 0.6 is 0 Å². The Morgan fingerprint density at radius 3 is 2.41 bits per heavy atom. The van der Waals surface area contributed by atoms with Gasteiger partial charge in [-0.25, -0.2) is 4.39 Å². The Kier molecular flexibility index (Phi) is 13.4. The van der Waals surface area contributed by atoms with Crippen LogP contribution in [0.3, 0.4) is 0 Å². The number of halogens is 1. The van der Waals surface area contributed by atoms with Crippen molar-refractivity contribution in [1.29, 1.82) is 0 Å². The minimum atomic E-state index is -0.425. The van der Waals surface area contributed by atoms with Crippen LogP contribution in [0.2, 0.25) is 0 Å². The number of hydrogen-bond donors (Lipinski definition) is 3. The number of ether oxygens (including phenoxy) is 1. The van der Waals surface area contributed by atoms with Crippen LogP contribution in [0.15, 0.2) is 48.5 Å². The second-order valence-electron chi connectivity index (χ2n) is 10.0. The van der Waals surface area contributed by atoms with Crippen molar-refractivity contribution in [2.24, 2.45) is 5.92 Å². The molecule has 39 heavy (non-hydrogen) atoms. The van der Waals surface area contributed by atoms with Gasteiger partial charge < -0.3 is 25.6 Å². The van der Waals surface area contributed by atoms with Crippen LogP contribution in [0, 0.1) is 18.7 Å². The van der Waals surface area contributed by atoms with E-state index < -0.39 is 6.04 Å². The molecule has 3 atom stereocenters. The third kappa shape index (κ3) is 11.4. The third-order valence-electron chi connectivity index (χ3n) is 6.56. The maximum absolute atomic E-state index is 13.0. The molecule has 1 aliphatic heterocycles. The summed E-state index contributed by atoms with van der Waals surface area (Å²) in [5.41, 5.74) is 2.17. The average Bonchev–Trinajstić information content (AvgIpc) is 2.92. The van der Waals surface area contributed by atoms with Gasteiger partial charge in [0.1, 0.15) is 17.7 Å². The molecular weight excluding hydrogens is 499 g/mol. The van der Waals surface area contributed by atoms with Gasteiger partial charge in [0.25, 0.3) is 0 Å². The van der Waals surface area contributed by atoms with Crippen LogP contribution in [-0.4, -0.2) is 68.0 Å². The molecule has 1 heterocycles. The molecule has 1 aliphatic rings. The van der Waals surface area contributed by atoms with Crippen molar-refractivity contribution in [2.75, 3.05) is 33.2 Å². The molecule has 3 rings (SSSR count). The number of carbonyl (C=O) groups is 3. The van der Waals surface area contributed by atoms with Gasteiger partial charge in [-0.2, -0.15) is 0 Å². The van der Waals surface area contributed by atoms with Gasteiger partial charge in [0, 0.05) is 20.1 Å². The van der Waals surface area contributed by atoms with Gasteiger partial charge in [0.2, 0.25) is 17.7 Å². The SMILES string of the molecule is CCC(C)C1NC[C@@H](C)Oc2ccccc2CCCNC(=O)CNC(=O)CN(C)C1=O.Cc1ccc(F)cc1. The Hall–Kier alpha value is -3.46. The fourth-order valence-corrected chi connectivity index (χ4v) is 4.01. The zero-order valence-corrected chi connectivity index (χ0v) is 23.8. The molecule has 214 valence electrons. The summed E-state index contributed by atoms with van der Waals surface area (Å²) >= 11 is 0. The normalized spacial score (nSPS) is 20.6. The lowest BCUT2D eigenvalue weighted by Gasteiger charge is -2.29. The first-order valence-electron chi connectivity index (χ1n) is 13.6. The van der Waals surface area contributed by atoms with Crippen LogP contribution in [0.4, 0.5) is 4.39 Å². The molecule has 0 spiro atoms. The van der Waals surface area contributed by atoms with Crippen molar-refractivity contribution in [2.45, 2.75) is 59.1 Å². The second-order valence-corrected chi connectivity index (χ2v) is 10.0. The van der Waals surface area contributed by atoms with E-state index in [4.69, 9.17) is 4.74 Å². The highest BCUT2D eigenvalue weighted by atomic mass is 19.1. The first kappa shape index (κ1) is 31.8. The highest BCUT2D eigenvalue weighted by Gasteiger charge is 2.28. The number of amides is 3. The molecule has 0 fully saturated rings. The van der Waals surface area contributed by atoms with Gasteiger partial charge in [-0.05, 0) is 56.4 Å². The van der Waals surface area contributed by atoms with E-state index in [-0.39, 0.29) is 48.7 Å². The fourth-order valence-electron chi connectivity index (χ4n) is 4.01. The number of aryl methyl sites for hydroxylation is 2. The summed E-state index contributed by atoms with van der Waals surface area (Å²) < 4.78 is 18.3. The predicted molar refractivity (Wildman–Crippen MR) is 151 cm³/mol. The lowest BCUT2D eigenvalue weighted by atomic mass is 9.97. The molecule has 9 heteroatoms. The zero-order chi connectivity index (χ0) is 28.8. The van der Waals surface area contributed by atoms with Crippen molar-refractivity contribution < 1.29 is 23.5 Å². The monoisotopic (exact) mass is 542 g/mol. The van der Waals surface area contributed by atoms with Crippen LogP contribution in [-0.2, 0) is 20.8 Å². The molecule has 8 nitrogen and oxygen atoms in total. The number of hydrogen-bond acceptors (Lipinski definition) is 5. The van der Waals surface area contributed by atoms with E-state index in [0.717, 1.165) is 36.1 Å². The Balaban J connectivity index is 0.000000568. The number of likely N-dealkylation sites (N-methyl/N-ethyl adjacent to an activating group) is 1. The van der Waals surface area contributed by atoms with Crippen LogP contribution in [0.5, 0.6) is 5.75 Å². The quantitative estimate of drug-likeness (QED) is 0.541. The number of nitrogens with zero attached hydrogens (tertiary/aromatic N) is 1. The van der Waals surface area contributed by atoms with E-state index >= 15 is 0 Å². The number of carbonyl (C=O) groups excluding carboxylic acids is 3. The molecule has 0 bridgehead atoms. The summed E-state index contributed by atoms with van der Waals surface area (Å²) in [7, 11) is 1.60. The molecule has 3 amide bonds. The second kappa shape index (κ2) is 16.5.